The number of hydrogen-bond acceptors (Lipinski definition) is 7. The van der Waals surface area contributed by atoms with Crippen LogP contribution in [-0.4, -0.2) is 47.5 Å². The van der Waals surface area contributed by atoms with Gasteiger partial charge in [-0.3, -0.25) is 9.59 Å². The first-order valence-electron chi connectivity index (χ1n) is 8.05. The van der Waals surface area contributed by atoms with E-state index in [1.54, 1.807) is 12.1 Å². The molecule has 1 unspecified atom stereocenters. The fourth-order valence-corrected chi connectivity index (χ4v) is 3.64. The third-order valence-corrected chi connectivity index (χ3v) is 4.82. The molecule has 0 saturated carbocycles. The molecule has 0 radical (unpaired) electrons. The van der Waals surface area contributed by atoms with Crippen LogP contribution in [0.3, 0.4) is 0 Å². The molecule has 1 aromatic carbocycles. The van der Waals surface area contributed by atoms with Crippen LogP contribution >= 0.6 is 0 Å². The van der Waals surface area contributed by atoms with Gasteiger partial charge in [0.25, 0.3) is 0 Å². The lowest BCUT2D eigenvalue weighted by molar-refractivity contribution is -0.170. The number of benzene rings is 1. The fourth-order valence-electron chi connectivity index (χ4n) is 3.64. The number of allylic oxidation sites excluding steroid dienone is 1. The predicted molar refractivity (Wildman–Crippen MR) is 93.8 cm³/mol. The third-order valence-electron chi connectivity index (χ3n) is 4.82. The minimum atomic E-state index is -1.46. The standard InChI is InChI=1S/C19H24O7/c1-7-11-9-19(17(20)25-5,18(21)26-6)10-12-8-13(22-2)15(23-3)16(24-4)14(11)12/h7-8,11H,1,9-10H2,2-6H3. The highest BCUT2D eigenvalue weighted by Gasteiger charge is 2.53. The van der Waals surface area contributed by atoms with Crippen LogP contribution in [-0.2, 0) is 25.5 Å². The van der Waals surface area contributed by atoms with Crippen molar-refractivity contribution in [1.82, 2.24) is 0 Å². The number of esters is 2. The van der Waals surface area contributed by atoms with E-state index in [4.69, 9.17) is 23.7 Å². The average molecular weight is 364 g/mol. The van der Waals surface area contributed by atoms with Gasteiger partial charge in [0.15, 0.2) is 16.9 Å². The molecule has 0 N–H and O–H groups in total. The highest BCUT2D eigenvalue weighted by atomic mass is 16.5. The Hall–Kier alpha value is -2.70. The lowest BCUT2D eigenvalue weighted by atomic mass is 9.66. The minimum Gasteiger partial charge on any atom is -0.493 e. The van der Waals surface area contributed by atoms with Gasteiger partial charge in [0.1, 0.15) is 0 Å². The topological polar surface area (TPSA) is 80.3 Å². The summed E-state index contributed by atoms with van der Waals surface area (Å²) in [5.41, 5.74) is 0.0648. The smallest absolute Gasteiger partial charge is 0.323 e. The van der Waals surface area contributed by atoms with E-state index in [0.717, 1.165) is 5.56 Å². The van der Waals surface area contributed by atoms with E-state index in [1.807, 2.05) is 0 Å². The molecular formula is C19H24O7. The van der Waals surface area contributed by atoms with Crippen LogP contribution in [0.25, 0.3) is 0 Å². The molecule has 0 amide bonds. The summed E-state index contributed by atoms with van der Waals surface area (Å²) in [4.78, 5) is 25.1. The Labute approximate surface area is 152 Å². The predicted octanol–water partition coefficient (Wildman–Crippen LogP) is 2.26. The number of ether oxygens (including phenoxy) is 5. The van der Waals surface area contributed by atoms with E-state index in [2.05, 4.69) is 6.58 Å². The van der Waals surface area contributed by atoms with Gasteiger partial charge in [-0.25, -0.2) is 0 Å². The Balaban J connectivity index is 2.77. The molecule has 7 nitrogen and oxygen atoms in total. The molecule has 142 valence electrons. The Bertz CT molecular complexity index is 707. The minimum absolute atomic E-state index is 0.0999. The first-order chi connectivity index (χ1) is 12.4. The van der Waals surface area contributed by atoms with Crippen LogP contribution in [0.5, 0.6) is 17.2 Å². The van der Waals surface area contributed by atoms with Gasteiger partial charge in [-0.15, -0.1) is 6.58 Å². The van der Waals surface area contributed by atoms with Crippen LogP contribution in [0.15, 0.2) is 18.7 Å². The number of carbonyl (C=O) groups excluding carboxylic acids is 2. The Morgan fingerprint density at radius 1 is 1.04 bits per heavy atom. The normalized spacial score (nSPS) is 17.5. The van der Waals surface area contributed by atoms with Crippen LogP contribution in [0.2, 0.25) is 0 Å². The number of hydrogen-bond donors (Lipinski definition) is 0. The highest BCUT2D eigenvalue weighted by molar-refractivity contribution is 6.01. The van der Waals surface area contributed by atoms with Crippen LogP contribution in [0.4, 0.5) is 0 Å². The van der Waals surface area contributed by atoms with Crippen molar-refractivity contribution in [3.05, 3.63) is 29.8 Å². The maximum Gasteiger partial charge on any atom is 0.323 e. The summed E-state index contributed by atoms with van der Waals surface area (Å²) in [5, 5.41) is 0. The highest BCUT2D eigenvalue weighted by Crippen LogP contribution is 2.53. The largest absolute Gasteiger partial charge is 0.493 e. The summed E-state index contributed by atoms with van der Waals surface area (Å²) in [6.45, 7) is 3.86. The molecule has 26 heavy (non-hydrogen) atoms. The summed E-state index contributed by atoms with van der Waals surface area (Å²) < 4.78 is 26.2. The summed E-state index contributed by atoms with van der Waals surface area (Å²) >= 11 is 0. The molecule has 2 rings (SSSR count). The molecule has 1 aromatic rings. The van der Waals surface area contributed by atoms with Gasteiger partial charge >= 0.3 is 11.9 Å². The van der Waals surface area contributed by atoms with E-state index in [-0.39, 0.29) is 18.8 Å². The van der Waals surface area contributed by atoms with Crippen LogP contribution in [0.1, 0.15) is 23.5 Å². The monoisotopic (exact) mass is 364 g/mol. The zero-order valence-corrected chi connectivity index (χ0v) is 15.7. The van der Waals surface area contributed by atoms with Gasteiger partial charge in [0.2, 0.25) is 5.75 Å². The van der Waals surface area contributed by atoms with Gasteiger partial charge < -0.3 is 23.7 Å². The maximum atomic E-state index is 12.5. The molecular weight excluding hydrogens is 340 g/mol. The summed E-state index contributed by atoms with van der Waals surface area (Å²) in [6, 6.07) is 1.74. The molecule has 0 spiro atoms. The van der Waals surface area contributed by atoms with E-state index in [0.29, 0.717) is 22.8 Å². The molecule has 1 aliphatic rings. The molecule has 0 fully saturated rings. The van der Waals surface area contributed by atoms with E-state index < -0.39 is 17.4 Å². The van der Waals surface area contributed by atoms with Crippen molar-refractivity contribution >= 4 is 11.9 Å². The number of rotatable bonds is 6. The van der Waals surface area contributed by atoms with E-state index in [9.17, 15) is 9.59 Å². The Kier molecular flexibility index (Phi) is 5.79. The van der Waals surface area contributed by atoms with Crippen LogP contribution in [0, 0.1) is 5.41 Å². The molecule has 0 bridgehead atoms. The van der Waals surface area contributed by atoms with Crippen molar-refractivity contribution in [1.29, 1.82) is 0 Å². The van der Waals surface area contributed by atoms with Gasteiger partial charge in [-0.05, 0) is 24.5 Å². The van der Waals surface area contributed by atoms with Crippen molar-refractivity contribution in [3.8, 4) is 17.2 Å². The third kappa shape index (κ3) is 2.87. The van der Waals surface area contributed by atoms with Crippen molar-refractivity contribution < 1.29 is 33.3 Å². The van der Waals surface area contributed by atoms with E-state index >= 15 is 0 Å². The molecule has 1 atom stereocenters. The first-order valence-corrected chi connectivity index (χ1v) is 8.05. The molecule has 0 aromatic heterocycles. The number of methoxy groups -OCH3 is 5. The first kappa shape index (κ1) is 19.6. The van der Waals surface area contributed by atoms with Gasteiger partial charge in [0.05, 0.1) is 35.5 Å². The summed E-state index contributed by atoms with van der Waals surface area (Å²) in [7, 11) is 7.05. The molecule has 0 saturated heterocycles. The second-order valence-electron chi connectivity index (χ2n) is 6.01. The van der Waals surface area contributed by atoms with Crippen LogP contribution < -0.4 is 14.2 Å². The lowest BCUT2D eigenvalue weighted by Crippen LogP contribution is -2.46. The summed E-state index contributed by atoms with van der Waals surface area (Å²) in [5.74, 6) is -0.242. The second kappa shape index (κ2) is 7.68. The SMILES string of the molecule is C=CC1CC(C(=O)OC)(C(=O)OC)Cc2cc(OC)c(OC)c(OC)c21. The second-order valence-corrected chi connectivity index (χ2v) is 6.01. The van der Waals surface area contributed by atoms with Crippen molar-refractivity contribution in [3.63, 3.8) is 0 Å². The fraction of sp³-hybridized carbons (Fsp3) is 0.474. The van der Waals surface area contributed by atoms with Gasteiger partial charge in [0, 0.05) is 11.5 Å². The number of carbonyl (C=O) groups is 2. The Morgan fingerprint density at radius 3 is 2.04 bits per heavy atom. The molecule has 7 heteroatoms. The zero-order valence-electron chi connectivity index (χ0n) is 15.7. The Morgan fingerprint density at radius 2 is 1.62 bits per heavy atom. The molecule has 1 aliphatic carbocycles. The average Bonchev–Trinajstić information content (AvgIpc) is 2.69. The quantitative estimate of drug-likeness (QED) is 0.435. The van der Waals surface area contributed by atoms with Gasteiger partial charge in [-0.1, -0.05) is 6.08 Å². The molecule has 0 aliphatic heterocycles. The molecule has 0 heterocycles. The van der Waals surface area contributed by atoms with Crippen molar-refractivity contribution in [2.24, 2.45) is 5.41 Å². The summed E-state index contributed by atoms with van der Waals surface area (Å²) in [6.07, 6.45) is 1.94. The zero-order chi connectivity index (χ0) is 19.5. The van der Waals surface area contributed by atoms with Gasteiger partial charge in [-0.2, -0.15) is 0 Å². The van der Waals surface area contributed by atoms with E-state index in [1.165, 1.54) is 35.5 Å². The van der Waals surface area contributed by atoms with Crippen molar-refractivity contribution in [2.75, 3.05) is 35.5 Å². The number of fused-ring (bicyclic) bond motifs is 1. The maximum absolute atomic E-state index is 12.5. The lowest BCUT2D eigenvalue weighted by Gasteiger charge is -2.37. The van der Waals surface area contributed by atoms with Crippen molar-refractivity contribution in [2.45, 2.75) is 18.8 Å².